The summed E-state index contributed by atoms with van der Waals surface area (Å²) in [5, 5.41) is 12.2. The van der Waals surface area contributed by atoms with Gasteiger partial charge < -0.3 is 34.2 Å². The number of benzene rings is 2. The molecule has 5 aromatic rings. The van der Waals surface area contributed by atoms with Crippen LogP contribution in [-0.4, -0.2) is 89.2 Å². The van der Waals surface area contributed by atoms with E-state index in [4.69, 9.17) is 30.4 Å². The van der Waals surface area contributed by atoms with Crippen LogP contribution in [0.5, 0.6) is 5.75 Å². The quantitative estimate of drug-likeness (QED) is 0.166. The van der Waals surface area contributed by atoms with Crippen molar-refractivity contribution in [3.63, 3.8) is 0 Å². The maximum Gasteiger partial charge on any atom is 0.229 e. The lowest BCUT2D eigenvalue weighted by Gasteiger charge is -2.37. The summed E-state index contributed by atoms with van der Waals surface area (Å²) in [7, 11) is 9.60. The first kappa shape index (κ1) is 32.8. The van der Waals surface area contributed by atoms with Gasteiger partial charge in [-0.05, 0) is 45.1 Å². The monoisotopic (exact) mass is 676 g/mol. The molecule has 2 N–H and O–H groups in total. The Hall–Kier alpha value is -4.13. The first-order chi connectivity index (χ1) is 22.8. The van der Waals surface area contributed by atoms with Crippen LogP contribution in [0.4, 0.5) is 28.8 Å². The van der Waals surface area contributed by atoms with Gasteiger partial charge in [0.15, 0.2) is 5.82 Å². The minimum absolute atomic E-state index is 0.328. The van der Waals surface area contributed by atoms with Crippen molar-refractivity contribution in [3.05, 3.63) is 60.3 Å². The molecule has 1 fully saturated rings. The van der Waals surface area contributed by atoms with Crippen molar-refractivity contribution in [2.45, 2.75) is 18.9 Å². The third-order valence-corrected chi connectivity index (χ3v) is 10.00. The van der Waals surface area contributed by atoms with Crippen LogP contribution in [0, 0.1) is 0 Å². The molecular weight excluding hydrogens is 639 g/mol. The molecule has 0 atom stereocenters. The zero-order valence-electron chi connectivity index (χ0n) is 27.2. The molecule has 0 amide bonds. The number of halogens is 1. The third-order valence-electron chi connectivity index (χ3n) is 8.24. The summed E-state index contributed by atoms with van der Waals surface area (Å²) >= 11 is 6.63. The molecule has 0 bridgehead atoms. The third kappa shape index (κ3) is 6.95. The van der Waals surface area contributed by atoms with Gasteiger partial charge in [0.1, 0.15) is 16.3 Å². The molecule has 47 heavy (non-hydrogen) atoms. The van der Waals surface area contributed by atoms with Crippen LogP contribution >= 0.6 is 20.0 Å². The lowest BCUT2D eigenvalue weighted by Crippen LogP contribution is -2.42. The number of aryl methyl sites for hydroxylation is 1. The Bertz CT molecular complexity index is 1860. The maximum absolute atomic E-state index is 6.63. The molecule has 4 heterocycles. The predicted molar refractivity (Wildman–Crippen MR) is 188 cm³/mol. The van der Waals surface area contributed by atoms with E-state index in [1.165, 1.54) is 0 Å². The van der Waals surface area contributed by atoms with Gasteiger partial charge in [-0.25, -0.2) is 4.98 Å². The molecule has 0 aliphatic carbocycles. The van der Waals surface area contributed by atoms with Gasteiger partial charge in [0.25, 0.3) is 0 Å². The predicted octanol–water partition coefficient (Wildman–Crippen LogP) is 5.73. The molecule has 1 aliphatic rings. The standard InChI is InChI=1S/C32H38ClN10O3P/c1-41(2)21-9-13-43(14-10-21)27-16-28(44-4)26(15-22(27)20-17-37-42(3)19-20)39-32-36-18-23(33)31(40-32)38-25-8-7-24-29(35-12-11-34-24)30(25)47(45-5)46-6/h7-8,11-12,15-19,21H,9-10,13-14H2,1-6H3,(H2,36,38,39,40). The summed E-state index contributed by atoms with van der Waals surface area (Å²) < 4.78 is 19.1. The van der Waals surface area contributed by atoms with E-state index < -0.39 is 8.38 Å². The van der Waals surface area contributed by atoms with Crippen molar-refractivity contribution in [1.29, 1.82) is 0 Å². The molecule has 13 nitrogen and oxygen atoms in total. The zero-order chi connectivity index (χ0) is 33.1. The zero-order valence-corrected chi connectivity index (χ0v) is 28.9. The highest BCUT2D eigenvalue weighted by atomic mass is 35.5. The Labute approximate surface area is 280 Å². The van der Waals surface area contributed by atoms with Crippen LogP contribution in [0.25, 0.3) is 22.2 Å². The lowest BCUT2D eigenvalue weighted by molar-refractivity contribution is 0.249. The number of fused-ring (bicyclic) bond motifs is 1. The van der Waals surface area contributed by atoms with Crippen molar-refractivity contribution in [2.24, 2.45) is 7.05 Å². The number of nitrogens with zero attached hydrogens (tertiary/aromatic N) is 8. The number of aromatic nitrogens is 6. The number of nitrogens with one attached hydrogen (secondary N) is 2. The topological polar surface area (TPSA) is 128 Å². The molecular formula is C32H38ClN10O3P. The van der Waals surface area contributed by atoms with Crippen molar-refractivity contribution in [2.75, 3.05) is 64.0 Å². The maximum atomic E-state index is 6.63. The fourth-order valence-corrected chi connectivity index (χ4v) is 7.16. The minimum atomic E-state index is -1.47. The van der Waals surface area contributed by atoms with Crippen LogP contribution in [-0.2, 0) is 16.1 Å². The smallest absolute Gasteiger partial charge is 0.229 e. The number of anilines is 5. The summed E-state index contributed by atoms with van der Waals surface area (Å²) in [6.45, 7) is 1.88. The molecule has 1 aliphatic heterocycles. The van der Waals surface area contributed by atoms with Gasteiger partial charge in [-0.3, -0.25) is 14.6 Å². The summed E-state index contributed by atoms with van der Waals surface area (Å²) in [6, 6.07) is 8.47. The molecule has 2 aromatic carbocycles. The molecule has 0 saturated carbocycles. The van der Waals surface area contributed by atoms with Gasteiger partial charge in [-0.2, -0.15) is 10.1 Å². The number of ether oxygens (including phenoxy) is 1. The number of rotatable bonds is 11. The molecule has 0 unspecified atom stereocenters. The molecule has 3 aromatic heterocycles. The van der Waals surface area contributed by atoms with E-state index in [-0.39, 0.29) is 0 Å². The van der Waals surface area contributed by atoms with E-state index in [1.54, 1.807) is 44.6 Å². The summed E-state index contributed by atoms with van der Waals surface area (Å²) in [5.74, 6) is 1.38. The van der Waals surface area contributed by atoms with Crippen LogP contribution < -0.4 is 25.6 Å². The average Bonchev–Trinajstić information content (AvgIpc) is 3.53. The van der Waals surface area contributed by atoms with E-state index in [0.29, 0.717) is 51.0 Å². The highest BCUT2D eigenvalue weighted by molar-refractivity contribution is 7.57. The first-order valence-electron chi connectivity index (χ1n) is 15.1. The molecule has 6 rings (SSSR count). The minimum Gasteiger partial charge on any atom is -0.494 e. The molecule has 0 spiro atoms. The molecule has 1 saturated heterocycles. The number of piperidine rings is 1. The van der Waals surface area contributed by atoms with Crippen molar-refractivity contribution >= 4 is 65.1 Å². The number of hydrogen-bond donors (Lipinski definition) is 2. The normalized spacial score (nSPS) is 13.9. The lowest BCUT2D eigenvalue weighted by atomic mass is 9.99. The van der Waals surface area contributed by atoms with Crippen LogP contribution in [0.2, 0.25) is 5.02 Å². The fraction of sp³-hybridized carbons (Fsp3) is 0.344. The average molecular weight is 677 g/mol. The summed E-state index contributed by atoms with van der Waals surface area (Å²) in [5.41, 5.74) is 5.89. The highest BCUT2D eigenvalue weighted by Crippen LogP contribution is 2.43. The van der Waals surface area contributed by atoms with Crippen molar-refractivity contribution in [1.82, 2.24) is 34.6 Å². The fourth-order valence-electron chi connectivity index (χ4n) is 5.84. The first-order valence-corrected chi connectivity index (χ1v) is 16.7. The highest BCUT2D eigenvalue weighted by Gasteiger charge is 2.26. The number of hydrogen-bond acceptors (Lipinski definition) is 12. The SMILES string of the molecule is COc1cc(N2CCC(N(C)C)CC2)c(-c2cnn(C)c2)cc1Nc1ncc(Cl)c(Nc2ccc3nccnc3c2P(OC)OC)n1. The van der Waals surface area contributed by atoms with Gasteiger partial charge in [0.05, 0.1) is 41.7 Å². The van der Waals surface area contributed by atoms with Crippen molar-refractivity contribution < 1.29 is 13.8 Å². The molecule has 15 heteroatoms. The van der Waals surface area contributed by atoms with Crippen LogP contribution in [0.1, 0.15) is 12.8 Å². The van der Waals surface area contributed by atoms with Crippen LogP contribution in [0.15, 0.2) is 55.2 Å². The van der Waals surface area contributed by atoms with E-state index in [2.05, 4.69) is 66.7 Å². The van der Waals surface area contributed by atoms with E-state index in [9.17, 15) is 0 Å². The van der Waals surface area contributed by atoms with E-state index in [0.717, 1.165) is 48.0 Å². The van der Waals surface area contributed by atoms with Gasteiger partial charge in [-0.15, -0.1) is 0 Å². The van der Waals surface area contributed by atoms with Crippen LogP contribution in [0.3, 0.4) is 0 Å². The Morgan fingerprint density at radius 3 is 2.40 bits per heavy atom. The Morgan fingerprint density at radius 1 is 0.957 bits per heavy atom. The molecule has 246 valence electrons. The van der Waals surface area contributed by atoms with Gasteiger partial charge in [0.2, 0.25) is 14.3 Å². The second kappa shape index (κ2) is 14.3. The largest absolute Gasteiger partial charge is 0.494 e. The summed E-state index contributed by atoms with van der Waals surface area (Å²) in [6.07, 6.45) is 10.9. The second-order valence-electron chi connectivity index (χ2n) is 11.3. The Kier molecular flexibility index (Phi) is 10.00. The van der Waals surface area contributed by atoms with Crippen molar-refractivity contribution in [3.8, 4) is 16.9 Å². The van der Waals surface area contributed by atoms with Gasteiger partial charge in [-0.1, -0.05) is 11.6 Å². The number of methoxy groups -OCH3 is 1. The van der Waals surface area contributed by atoms with Gasteiger partial charge >= 0.3 is 0 Å². The Morgan fingerprint density at radius 2 is 1.72 bits per heavy atom. The molecule has 0 radical (unpaired) electrons. The second-order valence-corrected chi connectivity index (χ2v) is 13.4. The summed E-state index contributed by atoms with van der Waals surface area (Å²) in [4.78, 5) is 23.0. The van der Waals surface area contributed by atoms with E-state index >= 15 is 0 Å². The van der Waals surface area contributed by atoms with Gasteiger partial charge in [0, 0.05) is 81.9 Å². The van der Waals surface area contributed by atoms with E-state index in [1.807, 2.05) is 31.6 Å². The Balaban J connectivity index is 1.35.